The Labute approximate surface area is 181 Å². The Morgan fingerprint density at radius 2 is 2.10 bits per heavy atom. The summed E-state index contributed by atoms with van der Waals surface area (Å²) in [6.07, 6.45) is 4.95. The van der Waals surface area contributed by atoms with Crippen molar-refractivity contribution in [1.29, 1.82) is 0 Å². The average molecular weight is 425 g/mol. The van der Waals surface area contributed by atoms with Crippen molar-refractivity contribution in [2.45, 2.75) is 38.2 Å². The first-order valence-corrected chi connectivity index (χ1v) is 10.7. The zero-order valence-electron chi connectivity index (χ0n) is 16.8. The number of aromatic amines is 1. The van der Waals surface area contributed by atoms with Crippen LogP contribution in [0.3, 0.4) is 0 Å². The van der Waals surface area contributed by atoms with Crippen LogP contribution in [0.2, 0.25) is 5.02 Å². The Kier molecular flexibility index (Phi) is 6.64. The minimum Gasteiger partial charge on any atom is -0.487 e. The molecule has 0 radical (unpaired) electrons. The van der Waals surface area contributed by atoms with E-state index in [9.17, 15) is 4.79 Å². The highest BCUT2D eigenvalue weighted by atomic mass is 35.5. The molecule has 0 bridgehead atoms. The molecule has 1 fully saturated rings. The zero-order chi connectivity index (χ0) is 20.8. The highest BCUT2D eigenvalue weighted by Crippen LogP contribution is 2.27. The molecule has 0 unspecified atom stereocenters. The molecular formula is C23H25ClN4O2. The van der Waals surface area contributed by atoms with Gasteiger partial charge in [0.1, 0.15) is 12.4 Å². The summed E-state index contributed by atoms with van der Waals surface area (Å²) in [5, 5.41) is 8.18. The van der Waals surface area contributed by atoms with Crippen LogP contribution < -0.4 is 4.74 Å². The van der Waals surface area contributed by atoms with Crippen molar-refractivity contribution < 1.29 is 9.53 Å². The van der Waals surface area contributed by atoms with Crippen molar-refractivity contribution in [2.24, 2.45) is 0 Å². The van der Waals surface area contributed by atoms with E-state index in [2.05, 4.69) is 15.2 Å². The molecule has 0 saturated carbocycles. The quantitative estimate of drug-likeness (QED) is 0.582. The summed E-state index contributed by atoms with van der Waals surface area (Å²) >= 11 is 5.89. The second kappa shape index (κ2) is 9.76. The van der Waals surface area contributed by atoms with Crippen LogP contribution in [0.1, 0.15) is 42.3 Å². The van der Waals surface area contributed by atoms with Gasteiger partial charge in [0.2, 0.25) is 5.91 Å². The maximum Gasteiger partial charge on any atom is 0.222 e. The summed E-state index contributed by atoms with van der Waals surface area (Å²) in [6.45, 7) is 1.93. The van der Waals surface area contributed by atoms with E-state index in [1.807, 2.05) is 41.3 Å². The lowest BCUT2D eigenvalue weighted by Gasteiger charge is -2.16. The number of amides is 1. The predicted molar refractivity (Wildman–Crippen MR) is 115 cm³/mol. The van der Waals surface area contributed by atoms with Gasteiger partial charge in [0.25, 0.3) is 0 Å². The molecule has 1 amide bonds. The van der Waals surface area contributed by atoms with Crippen LogP contribution in [-0.2, 0) is 17.8 Å². The number of pyridine rings is 1. The van der Waals surface area contributed by atoms with E-state index >= 15 is 0 Å². The van der Waals surface area contributed by atoms with Crippen LogP contribution >= 0.6 is 11.6 Å². The lowest BCUT2D eigenvalue weighted by Crippen LogP contribution is -2.28. The van der Waals surface area contributed by atoms with Gasteiger partial charge < -0.3 is 9.64 Å². The predicted octanol–water partition coefficient (Wildman–Crippen LogP) is 4.38. The van der Waals surface area contributed by atoms with Crippen LogP contribution in [0.5, 0.6) is 5.75 Å². The number of carbonyl (C=O) groups excluding carboxylic acids is 1. The van der Waals surface area contributed by atoms with Crippen molar-refractivity contribution in [3.05, 3.63) is 76.8 Å². The van der Waals surface area contributed by atoms with E-state index in [1.54, 1.807) is 18.3 Å². The first kappa shape index (κ1) is 20.4. The number of carbonyl (C=O) groups is 1. The van der Waals surface area contributed by atoms with Crippen LogP contribution in [0.4, 0.5) is 0 Å². The van der Waals surface area contributed by atoms with E-state index in [0.717, 1.165) is 55.2 Å². The third-order valence-electron chi connectivity index (χ3n) is 5.37. The lowest BCUT2D eigenvalue weighted by atomic mass is 10.1. The second-order valence-corrected chi connectivity index (χ2v) is 8.00. The van der Waals surface area contributed by atoms with Gasteiger partial charge in [0.15, 0.2) is 0 Å². The van der Waals surface area contributed by atoms with E-state index in [4.69, 9.17) is 16.3 Å². The first-order valence-electron chi connectivity index (χ1n) is 10.3. The molecule has 1 saturated heterocycles. The van der Waals surface area contributed by atoms with Gasteiger partial charge >= 0.3 is 0 Å². The SMILES string of the molecule is O=C(CCCc1ccccn1)N1CC[C@@H](c2cc(COc3ccc(Cl)cc3)[nH]n2)C1. The average Bonchev–Trinajstić information content (AvgIpc) is 3.44. The molecule has 2 aromatic heterocycles. The van der Waals surface area contributed by atoms with Gasteiger partial charge in [-0.1, -0.05) is 17.7 Å². The van der Waals surface area contributed by atoms with Crippen LogP contribution in [0.15, 0.2) is 54.7 Å². The number of halogens is 1. The molecule has 1 N–H and O–H groups in total. The molecule has 3 aromatic rings. The van der Waals surface area contributed by atoms with Crippen molar-refractivity contribution >= 4 is 17.5 Å². The summed E-state index contributed by atoms with van der Waals surface area (Å²) in [5.41, 5.74) is 2.95. The zero-order valence-corrected chi connectivity index (χ0v) is 17.5. The first-order chi connectivity index (χ1) is 14.7. The number of hydrogen-bond acceptors (Lipinski definition) is 4. The summed E-state index contributed by atoms with van der Waals surface area (Å²) in [5.74, 6) is 1.25. The highest BCUT2D eigenvalue weighted by Gasteiger charge is 2.28. The fraction of sp³-hybridized carbons (Fsp3) is 0.348. The second-order valence-electron chi connectivity index (χ2n) is 7.56. The number of nitrogens with one attached hydrogen (secondary N) is 1. The van der Waals surface area contributed by atoms with E-state index < -0.39 is 0 Å². The van der Waals surface area contributed by atoms with Crippen molar-refractivity contribution in [1.82, 2.24) is 20.1 Å². The van der Waals surface area contributed by atoms with E-state index in [0.29, 0.717) is 18.1 Å². The summed E-state index contributed by atoms with van der Waals surface area (Å²) in [7, 11) is 0. The molecule has 3 heterocycles. The molecule has 0 spiro atoms. The number of benzene rings is 1. The third-order valence-corrected chi connectivity index (χ3v) is 5.62. The number of hydrogen-bond donors (Lipinski definition) is 1. The molecule has 1 atom stereocenters. The summed E-state index contributed by atoms with van der Waals surface area (Å²) in [4.78, 5) is 18.8. The standard InChI is InChI=1S/C23H25ClN4O2/c24-18-7-9-21(10-8-18)30-16-20-14-22(27-26-20)17-11-13-28(15-17)23(29)6-3-5-19-4-1-2-12-25-19/h1-2,4,7-10,12,14,17H,3,5-6,11,13,15-16H2,(H,26,27)/t17-/m1/s1. The monoisotopic (exact) mass is 424 g/mol. The molecule has 4 rings (SSSR count). The van der Waals surface area contributed by atoms with Crippen molar-refractivity contribution in [3.63, 3.8) is 0 Å². The molecule has 1 aliphatic heterocycles. The number of H-pyrrole nitrogens is 1. The molecule has 7 heteroatoms. The van der Waals surface area contributed by atoms with Gasteiger partial charge in [0, 0.05) is 42.3 Å². The Morgan fingerprint density at radius 1 is 1.23 bits per heavy atom. The molecular weight excluding hydrogens is 400 g/mol. The summed E-state index contributed by atoms with van der Waals surface area (Å²) < 4.78 is 5.76. The number of nitrogens with zero attached hydrogens (tertiary/aromatic N) is 3. The van der Waals surface area contributed by atoms with Crippen molar-refractivity contribution in [2.75, 3.05) is 13.1 Å². The number of ether oxygens (including phenoxy) is 1. The topological polar surface area (TPSA) is 71.1 Å². The fourth-order valence-corrected chi connectivity index (χ4v) is 3.83. The van der Waals surface area contributed by atoms with E-state index in [-0.39, 0.29) is 11.8 Å². The highest BCUT2D eigenvalue weighted by molar-refractivity contribution is 6.30. The maximum atomic E-state index is 12.5. The van der Waals surface area contributed by atoms with Crippen LogP contribution in [0, 0.1) is 0 Å². The van der Waals surface area contributed by atoms with Crippen LogP contribution in [0.25, 0.3) is 0 Å². The normalized spacial score (nSPS) is 16.0. The molecule has 0 aliphatic carbocycles. The minimum atomic E-state index is 0.218. The Morgan fingerprint density at radius 3 is 2.90 bits per heavy atom. The van der Waals surface area contributed by atoms with Gasteiger partial charge in [-0.05, 0) is 61.7 Å². The molecule has 30 heavy (non-hydrogen) atoms. The molecule has 1 aliphatic rings. The van der Waals surface area contributed by atoms with Gasteiger partial charge in [-0.3, -0.25) is 14.9 Å². The summed E-state index contributed by atoms with van der Waals surface area (Å²) in [6, 6.07) is 15.2. The smallest absolute Gasteiger partial charge is 0.222 e. The third kappa shape index (κ3) is 5.39. The van der Waals surface area contributed by atoms with Gasteiger partial charge in [-0.25, -0.2) is 0 Å². The number of likely N-dealkylation sites (tertiary alicyclic amines) is 1. The van der Waals surface area contributed by atoms with Crippen LogP contribution in [-0.4, -0.2) is 39.1 Å². The molecule has 6 nitrogen and oxygen atoms in total. The number of rotatable bonds is 8. The van der Waals surface area contributed by atoms with Gasteiger partial charge in [0.05, 0.1) is 11.4 Å². The van der Waals surface area contributed by atoms with Gasteiger partial charge in [-0.15, -0.1) is 0 Å². The van der Waals surface area contributed by atoms with E-state index in [1.165, 1.54) is 0 Å². The Bertz CT molecular complexity index is 959. The number of aryl methyl sites for hydroxylation is 1. The lowest BCUT2D eigenvalue weighted by molar-refractivity contribution is -0.130. The largest absolute Gasteiger partial charge is 0.487 e. The molecule has 1 aromatic carbocycles. The molecule has 156 valence electrons. The fourth-order valence-electron chi connectivity index (χ4n) is 3.71. The minimum absolute atomic E-state index is 0.218. The maximum absolute atomic E-state index is 12.5. The Hall–Kier alpha value is -2.86. The van der Waals surface area contributed by atoms with Crippen molar-refractivity contribution in [3.8, 4) is 5.75 Å². The Balaban J connectivity index is 1.23. The van der Waals surface area contributed by atoms with Gasteiger partial charge in [-0.2, -0.15) is 5.10 Å². The number of aromatic nitrogens is 3.